The quantitative estimate of drug-likeness (QED) is 0.615. The van der Waals surface area contributed by atoms with Gasteiger partial charge in [0.15, 0.2) is 16.6 Å². The monoisotopic (exact) mass is 244 g/mol. The molecule has 90 valence electrons. The highest BCUT2D eigenvalue weighted by Gasteiger charge is 2.11. The van der Waals surface area contributed by atoms with Gasteiger partial charge in [0, 0.05) is 13.0 Å². The van der Waals surface area contributed by atoms with Crippen molar-refractivity contribution in [1.82, 2.24) is 4.37 Å². The summed E-state index contributed by atoms with van der Waals surface area (Å²) in [6.45, 7) is 3.07. The van der Waals surface area contributed by atoms with E-state index in [9.17, 15) is 4.79 Å². The van der Waals surface area contributed by atoms with E-state index in [0.29, 0.717) is 37.6 Å². The molecule has 0 radical (unpaired) electrons. The van der Waals surface area contributed by atoms with Gasteiger partial charge in [-0.3, -0.25) is 4.79 Å². The minimum Gasteiger partial charge on any atom is -0.487 e. The summed E-state index contributed by atoms with van der Waals surface area (Å²) in [5.41, 5.74) is 10.7. The number of nitrogens with two attached hydrogens (primary N) is 2. The molecule has 1 rings (SSSR count). The Morgan fingerprint density at radius 1 is 1.62 bits per heavy atom. The molecule has 0 fully saturated rings. The molecule has 0 aromatic carbocycles. The van der Waals surface area contributed by atoms with Crippen LogP contribution in [0.1, 0.15) is 19.8 Å². The van der Waals surface area contributed by atoms with E-state index in [1.807, 2.05) is 6.92 Å². The molecule has 0 spiro atoms. The number of nitrogen functional groups attached to an aromatic ring is 1. The second-order valence-corrected chi connectivity index (χ2v) is 3.93. The molecular formula is C9H16N4O2S. The van der Waals surface area contributed by atoms with E-state index >= 15 is 0 Å². The van der Waals surface area contributed by atoms with E-state index in [0.717, 1.165) is 5.00 Å². The Morgan fingerprint density at radius 2 is 2.38 bits per heavy atom. The first-order valence-corrected chi connectivity index (χ1v) is 5.82. The number of carbonyl (C=O) groups excluding carboxylic acids is 1. The molecule has 0 atom stereocenters. The van der Waals surface area contributed by atoms with Crippen molar-refractivity contribution in [2.45, 2.75) is 19.8 Å². The first-order chi connectivity index (χ1) is 7.65. The summed E-state index contributed by atoms with van der Waals surface area (Å²) in [6, 6.07) is 0. The van der Waals surface area contributed by atoms with E-state index in [1.165, 1.54) is 11.5 Å². The molecule has 5 N–H and O–H groups in total. The van der Waals surface area contributed by atoms with Crippen LogP contribution in [0.25, 0.3) is 0 Å². The van der Waals surface area contributed by atoms with Gasteiger partial charge in [-0.25, -0.2) is 0 Å². The summed E-state index contributed by atoms with van der Waals surface area (Å²) >= 11 is 1.25. The van der Waals surface area contributed by atoms with Crippen LogP contribution in [0.15, 0.2) is 0 Å². The minimum atomic E-state index is -0.296. The number of aromatic nitrogens is 1. The topological polar surface area (TPSA) is 103 Å². The smallest absolute Gasteiger partial charge is 0.217 e. The Hall–Kier alpha value is -1.50. The molecule has 0 aliphatic carbocycles. The number of primary amides is 1. The summed E-state index contributed by atoms with van der Waals surface area (Å²) in [5, 5.41) is 3.91. The van der Waals surface area contributed by atoms with Gasteiger partial charge in [-0.1, -0.05) is 0 Å². The molecule has 0 unspecified atom stereocenters. The SMILES string of the molecule is CCOc1c(N)nsc1NCCCC(N)=O. The zero-order chi connectivity index (χ0) is 12.0. The number of nitrogens with zero attached hydrogens (tertiary/aromatic N) is 1. The van der Waals surface area contributed by atoms with Crippen molar-refractivity contribution in [3.63, 3.8) is 0 Å². The zero-order valence-corrected chi connectivity index (χ0v) is 9.97. The van der Waals surface area contributed by atoms with E-state index < -0.39 is 0 Å². The number of anilines is 2. The molecule has 1 heterocycles. The molecule has 0 aliphatic heterocycles. The fourth-order valence-electron chi connectivity index (χ4n) is 1.15. The van der Waals surface area contributed by atoms with Gasteiger partial charge in [-0.2, -0.15) is 4.37 Å². The van der Waals surface area contributed by atoms with Gasteiger partial charge in [0.25, 0.3) is 0 Å². The van der Waals surface area contributed by atoms with Gasteiger partial charge < -0.3 is 21.5 Å². The lowest BCUT2D eigenvalue weighted by Gasteiger charge is -2.06. The van der Waals surface area contributed by atoms with Gasteiger partial charge in [0.05, 0.1) is 6.61 Å². The molecule has 0 bridgehead atoms. The molecule has 1 aromatic rings. The highest BCUT2D eigenvalue weighted by Crippen LogP contribution is 2.34. The normalized spacial score (nSPS) is 10.1. The van der Waals surface area contributed by atoms with Crippen molar-refractivity contribution in [1.29, 1.82) is 0 Å². The van der Waals surface area contributed by atoms with E-state index in [2.05, 4.69) is 9.69 Å². The van der Waals surface area contributed by atoms with Crippen molar-refractivity contribution in [2.24, 2.45) is 5.73 Å². The first kappa shape index (κ1) is 12.6. The van der Waals surface area contributed by atoms with Crippen LogP contribution in [0.2, 0.25) is 0 Å². The predicted octanol–water partition coefficient (Wildman–Crippen LogP) is 0.801. The van der Waals surface area contributed by atoms with Crippen molar-refractivity contribution in [2.75, 3.05) is 24.2 Å². The summed E-state index contributed by atoms with van der Waals surface area (Å²) in [5.74, 6) is 0.687. The Balaban J connectivity index is 2.43. The number of ether oxygens (including phenoxy) is 1. The fourth-order valence-corrected chi connectivity index (χ4v) is 1.84. The number of hydrogen-bond acceptors (Lipinski definition) is 6. The maximum Gasteiger partial charge on any atom is 0.217 e. The second kappa shape index (κ2) is 6.16. The predicted molar refractivity (Wildman–Crippen MR) is 64.6 cm³/mol. The molecule has 1 aromatic heterocycles. The highest BCUT2D eigenvalue weighted by molar-refractivity contribution is 7.11. The van der Waals surface area contributed by atoms with Crippen LogP contribution in [-0.2, 0) is 4.79 Å². The average Bonchev–Trinajstić information content (AvgIpc) is 2.56. The van der Waals surface area contributed by atoms with Crippen LogP contribution in [0, 0.1) is 0 Å². The maximum atomic E-state index is 10.5. The van der Waals surface area contributed by atoms with Crippen LogP contribution in [0.3, 0.4) is 0 Å². The van der Waals surface area contributed by atoms with E-state index in [1.54, 1.807) is 0 Å². The van der Waals surface area contributed by atoms with Gasteiger partial charge in [-0.15, -0.1) is 0 Å². The van der Waals surface area contributed by atoms with Gasteiger partial charge in [-0.05, 0) is 24.9 Å². The molecule has 0 saturated heterocycles. The number of hydrogen-bond donors (Lipinski definition) is 3. The standard InChI is InChI=1S/C9H16N4O2S/c1-2-15-7-8(11)13-16-9(7)12-5-3-4-6(10)14/h12H,2-5H2,1H3,(H2,10,14)(H2,11,13). The third kappa shape index (κ3) is 3.58. The van der Waals surface area contributed by atoms with Crippen LogP contribution in [-0.4, -0.2) is 23.4 Å². The van der Waals surface area contributed by atoms with E-state index in [-0.39, 0.29) is 5.91 Å². The first-order valence-electron chi connectivity index (χ1n) is 5.05. The summed E-state index contributed by atoms with van der Waals surface area (Å²) in [7, 11) is 0. The third-order valence-corrected chi connectivity index (χ3v) is 2.65. The highest BCUT2D eigenvalue weighted by atomic mass is 32.1. The molecule has 1 amide bonds. The van der Waals surface area contributed by atoms with Crippen molar-refractivity contribution in [3.05, 3.63) is 0 Å². The molecule has 6 nitrogen and oxygen atoms in total. The molecule has 0 aliphatic rings. The molecule has 7 heteroatoms. The zero-order valence-electron chi connectivity index (χ0n) is 9.16. The summed E-state index contributed by atoms with van der Waals surface area (Å²) in [4.78, 5) is 10.5. The fraction of sp³-hybridized carbons (Fsp3) is 0.556. The number of carbonyl (C=O) groups is 1. The lowest BCUT2D eigenvalue weighted by Crippen LogP contribution is -2.12. The number of amides is 1. The summed E-state index contributed by atoms with van der Waals surface area (Å²) in [6.07, 6.45) is 1.05. The summed E-state index contributed by atoms with van der Waals surface area (Å²) < 4.78 is 9.34. The Bertz CT molecular complexity index is 353. The number of rotatable bonds is 7. The third-order valence-electron chi connectivity index (χ3n) is 1.85. The maximum absolute atomic E-state index is 10.5. The largest absolute Gasteiger partial charge is 0.487 e. The van der Waals surface area contributed by atoms with Crippen LogP contribution in [0.4, 0.5) is 10.8 Å². The minimum absolute atomic E-state index is 0.296. The van der Waals surface area contributed by atoms with E-state index in [4.69, 9.17) is 16.2 Å². The molecule has 16 heavy (non-hydrogen) atoms. The number of nitrogens with one attached hydrogen (secondary N) is 1. The van der Waals surface area contributed by atoms with Crippen molar-refractivity contribution < 1.29 is 9.53 Å². The molecular weight excluding hydrogens is 228 g/mol. The van der Waals surface area contributed by atoms with Crippen molar-refractivity contribution in [3.8, 4) is 5.75 Å². The Kier molecular flexibility index (Phi) is 4.84. The van der Waals surface area contributed by atoms with Gasteiger partial charge in [0.2, 0.25) is 5.91 Å². The lowest BCUT2D eigenvalue weighted by molar-refractivity contribution is -0.118. The van der Waals surface area contributed by atoms with Crippen LogP contribution >= 0.6 is 11.5 Å². The van der Waals surface area contributed by atoms with Gasteiger partial charge in [0.1, 0.15) is 0 Å². The second-order valence-electron chi connectivity index (χ2n) is 3.16. The lowest BCUT2D eigenvalue weighted by atomic mass is 10.3. The van der Waals surface area contributed by atoms with Crippen LogP contribution in [0.5, 0.6) is 5.75 Å². The van der Waals surface area contributed by atoms with Crippen LogP contribution < -0.4 is 21.5 Å². The Morgan fingerprint density at radius 3 is 3.00 bits per heavy atom. The van der Waals surface area contributed by atoms with Gasteiger partial charge >= 0.3 is 0 Å². The Labute approximate surface area is 98.1 Å². The average molecular weight is 244 g/mol. The van der Waals surface area contributed by atoms with Crippen molar-refractivity contribution >= 4 is 28.3 Å². The molecule has 0 saturated carbocycles.